The summed E-state index contributed by atoms with van der Waals surface area (Å²) in [5, 5.41) is 3.36. The van der Waals surface area contributed by atoms with Crippen molar-refractivity contribution >= 4 is 11.6 Å². The van der Waals surface area contributed by atoms with Crippen LogP contribution >= 0.6 is 0 Å². The highest BCUT2D eigenvalue weighted by molar-refractivity contribution is 5.93. The second kappa shape index (κ2) is 5.37. The van der Waals surface area contributed by atoms with E-state index in [2.05, 4.69) is 29.6 Å². The molecule has 1 amide bonds. The van der Waals surface area contributed by atoms with Crippen LogP contribution in [0.4, 0.5) is 5.69 Å². The highest BCUT2D eigenvalue weighted by Gasteiger charge is 2.23. The average Bonchev–Trinajstić information content (AvgIpc) is 3.30. The van der Waals surface area contributed by atoms with Crippen LogP contribution in [0.5, 0.6) is 0 Å². The quantitative estimate of drug-likeness (QED) is 0.872. The van der Waals surface area contributed by atoms with Crippen molar-refractivity contribution in [1.82, 2.24) is 0 Å². The average molecular weight is 266 g/mol. The topological polar surface area (TPSA) is 55.1 Å². The van der Waals surface area contributed by atoms with E-state index in [0.717, 1.165) is 18.2 Å². The number of amides is 1. The molecule has 3 rings (SSSR count). The van der Waals surface area contributed by atoms with Crippen LogP contribution in [0, 0.1) is 0 Å². The van der Waals surface area contributed by atoms with Crippen LogP contribution in [0.3, 0.4) is 0 Å². The maximum atomic E-state index is 11.0. The van der Waals surface area contributed by atoms with Gasteiger partial charge in [-0.3, -0.25) is 4.79 Å². The third-order valence-electron chi connectivity index (χ3n) is 3.67. The minimum atomic E-state index is -0.395. The summed E-state index contributed by atoms with van der Waals surface area (Å²) in [5.41, 5.74) is 9.48. The molecule has 2 aromatic carbocycles. The Hall–Kier alpha value is -2.29. The molecule has 3 heteroatoms. The summed E-state index contributed by atoms with van der Waals surface area (Å²) in [6, 6.07) is 16.0. The largest absolute Gasteiger partial charge is 0.381 e. The van der Waals surface area contributed by atoms with Crippen molar-refractivity contribution in [3.8, 4) is 0 Å². The fourth-order valence-electron chi connectivity index (χ4n) is 2.33. The van der Waals surface area contributed by atoms with E-state index >= 15 is 0 Å². The summed E-state index contributed by atoms with van der Waals surface area (Å²) in [6.45, 7) is 0.788. The van der Waals surface area contributed by atoms with Crippen LogP contribution < -0.4 is 11.1 Å². The summed E-state index contributed by atoms with van der Waals surface area (Å²) < 4.78 is 0. The Balaban J connectivity index is 1.63. The predicted molar refractivity (Wildman–Crippen MR) is 80.7 cm³/mol. The van der Waals surface area contributed by atoms with Crippen molar-refractivity contribution in [2.24, 2.45) is 5.73 Å². The van der Waals surface area contributed by atoms with Crippen LogP contribution in [0.15, 0.2) is 48.5 Å². The number of hydrogen-bond acceptors (Lipinski definition) is 2. The molecular weight excluding hydrogens is 248 g/mol. The molecule has 0 radical (unpaired) electrons. The van der Waals surface area contributed by atoms with Gasteiger partial charge in [0.25, 0.3) is 0 Å². The molecule has 20 heavy (non-hydrogen) atoms. The van der Waals surface area contributed by atoms with Gasteiger partial charge in [0.05, 0.1) is 0 Å². The number of nitrogens with two attached hydrogens (primary N) is 1. The van der Waals surface area contributed by atoms with Gasteiger partial charge in [0.2, 0.25) is 5.91 Å². The fourth-order valence-corrected chi connectivity index (χ4v) is 2.33. The summed E-state index contributed by atoms with van der Waals surface area (Å²) in [5.74, 6) is 0.387. The van der Waals surface area contributed by atoms with E-state index < -0.39 is 5.91 Å². The molecule has 0 saturated heterocycles. The minimum absolute atomic E-state index is 0.395. The molecular formula is C17H18N2O. The minimum Gasteiger partial charge on any atom is -0.381 e. The molecule has 2 aromatic rings. The number of carbonyl (C=O) groups excluding carboxylic acids is 1. The summed E-state index contributed by atoms with van der Waals surface area (Å²) in [7, 11) is 0. The van der Waals surface area contributed by atoms with Crippen molar-refractivity contribution < 1.29 is 4.79 Å². The molecule has 0 aromatic heterocycles. The molecule has 3 nitrogen and oxygen atoms in total. The molecule has 1 fully saturated rings. The number of carbonyl (C=O) groups is 1. The number of benzene rings is 2. The first-order chi connectivity index (χ1) is 9.72. The standard InChI is InChI=1S/C17H18N2O/c18-17(20)14-6-8-16(9-7-14)19-11-12-2-1-3-15(10-12)13-4-5-13/h1-3,6-10,13,19H,4-5,11H2,(H2,18,20). The summed E-state index contributed by atoms with van der Waals surface area (Å²) >= 11 is 0. The van der Waals surface area contributed by atoms with Gasteiger partial charge < -0.3 is 11.1 Å². The first-order valence-corrected chi connectivity index (χ1v) is 6.95. The highest BCUT2D eigenvalue weighted by atomic mass is 16.1. The molecule has 0 unspecified atom stereocenters. The molecule has 3 N–H and O–H groups in total. The highest BCUT2D eigenvalue weighted by Crippen LogP contribution is 2.40. The monoisotopic (exact) mass is 266 g/mol. The second-order valence-electron chi connectivity index (χ2n) is 5.31. The van der Waals surface area contributed by atoms with E-state index in [0.29, 0.717) is 5.56 Å². The van der Waals surface area contributed by atoms with Gasteiger partial charge in [-0.05, 0) is 54.2 Å². The smallest absolute Gasteiger partial charge is 0.248 e. The third-order valence-corrected chi connectivity index (χ3v) is 3.67. The summed E-state index contributed by atoms with van der Waals surface area (Å²) in [6.07, 6.45) is 2.65. The molecule has 0 heterocycles. The normalized spacial score (nSPS) is 14.0. The lowest BCUT2D eigenvalue weighted by Gasteiger charge is -2.08. The van der Waals surface area contributed by atoms with Gasteiger partial charge in [-0.25, -0.2) is 0 Å². The Kier molecular flexibility index (Phi) is 3.42. The first kappa shape index (κ1) is 12.7. The van der Waals surface area contributed by atoms with Crippen LogP contribution in [0.2, 0.25) is 0 Å². The SMILES string of the molecule is NC(=O)c1ccc(NCc2cccc(C3CC3)c2)cc1. The third kappa shape index (κ3) is 2.99. The Morgan fingerprint density at radius 3 is 2.55 bits per heavy atom. The first-order valence-electron chi connectivity index (χ1n) is 6.95. The molecule has 102 valence electrons. The van der Waals surface area contributed by atoms with E-state index in [9.17, 15) is 4.79 Å². The molecule has 1 aliphatic rings. The zero-order chi connectivity index (χ0) is 13.9. The van der Waals surface area contributed by atoms with Gasteiger partial charge in [-0.1, -0.05) is 24.3 Å². The number of anilines is 1. The number of hydrogen-bond donors (Lipinski definition) is 2. The van der Waals surface area contributed by atoms with Crippen molar-refractivity contribution in [2.45, 2.75) is 25.3 Å². The zero-order valence-corrected chi connectivity index (χ0v) is 11.3. The number of primary amides is 1. The number of rotatable bonds is 5. The molecule has 0 spiro atoms. The van der Waals surface area contributed by atoms with Crippen LogP contribution in [0.25, 0.3) is 0 Å². The zero-order valence-electron chi connectivity index (χ0n) is 11.3. The van der Waals surface area contributed by atoms with Crippen molar-refractivity contribution in [2.75, 3.05) is 5.32 Å². The lowest BCUT2D eigenvalue weighted by molar-refractivity contribution is 0.100. The van der Waals surface area contributed by atoms with E-state index in [1.165, 1.54) is 24.0 Å². The van der Waals surface area contributed by atoms with Crippen molar-refractivity contribution in [3.05, 3.63) is 65.2 Å². The maximum Gasteiger partial charge on any atom is 0.248 e. The van der Waals surface area contributed by atoms with Gasteiger partial charge in [0.1, 0.15) is 0 Å². The molecule has 0 atom stereocenters. The maximum absolute atomic E-state index is 11.0. The molecule has 0 aliphatic heterocycles. The Morgan fingerprint density at radius 1 is 1.15 bits per heavy atom. The van der Waals surface area contributed by atoms with E-state index in [4.69, 9.17) is 5.73 Å². The van der Waals surface area contributed by atoms with Gasteiger partial charge in [-0.2, -0.15) is 0 Å². The van der Waals surface area contributed by atoms with E-state index in [1.807, 2.05) is 12.1 Å². The van der Waals surface area contributed by atoms with Gasteiger partial charge >= 0.3 is 0 Å². The lowest BCUT2D eigenvalue weighted by Crippen LogP contribution is -2.10. The van der Waals surface area contributed by atoms with Gasteiger partial charge in [-0.15, -0.1) is 0 Å². The van der Waals surface area contributed by atoms with Crippen LogP contribution in [0.1, 0.15) is 40.2 Å². The van der Waals surface area contributed by atoms with Gasteiger partial charge in [0.15, 0.2) is 0 Å². The van der Waals surface area contributed by atoms with Crippen LogP contribution in [-0.2, 0) is 6.54 Å². The predicted octanol–water partition coefficient (Wildman–Crippen LogP) is 3.28. The van der Waals surface area contributed by atoms with E-state index in [1.54, 1.807) is 12.1 Å². The molecule has 0 bridgehead atoms. The molecule has 1 aliphatic carbocycles. The Bertz CT molecular complexity index is 615. The van der Waals surface area contributed by atoms with E-state index in [-0.39, 0.29) is 0 Å². The van der Waals surface area contributed by atoms with Crippen molar-refractivity contribution in [1.29, 1.82) is 0 Å². The Labute approximate surface area is 118 Å². The Morgan fingerprint density at radius 2 is 1.90 bits per heavy atom. The summed E-state index contributed by atoms with van der Waals surface area (Å²) in [4.78, 5) is 11.0. The molecule has 1 saturated carbocycles. The van der Waals surface area contributed by atoms with Gasteiger partial charge in [0, 0.05) is 17.8 Å². The fraction of sp³-hybridized carbons (Fsp3) is 0.235. The second-order valence-corrected chi connectivity index (χ2v) is 5.31. The lowest BCUT2D eigenvalue weighted by atomic mass is 10.1. The number of nitrogens with one attached hydrogen (secondary N) is 1. The van der Waals surface area contributed by atoms with Crippen molar-refractivity contribution in [3.63, 3.8) is 0 Å². The van der Waals surface area contributed by atoms with Crippen LogP contribution in [-0.4, -0.2) is 5.91 Å².